The highest BCUT2D eigenvalue weighted by molar-refractivity contribution is 7.93. The number of halogens is 1. The molecule has 5 rings (SSSR count). The molecule has 2 aliphatic carbocycles. The van der Waals surface area contributed by atoms with Gasteiger partial charge in [0.2, 0.25) is 0 Å². The number of carbonyl (C=O) groups excluding carboxylic acids is 3. The van der Waals surface area contributed by atoms with Crippen LogP contribution >= 0.6 is 0 Å². The van der Waals surface area contributed by atoms with Gasteiger partial charge in [0.05, 0.1) is 28.2 Å². The second-order valence-electron chi connectivity index (χ2n) is 10.0. The highest BCUT2D eigenvalue weighted by Crippen LogP contribution is 2.69. The second-order valence-corrected chi connectivity index (χ2v) is 12.1. The van der Waals surface area contributed by atoms with Crippen molar-refractivity contribution in [2.24, 2.45) is 17.8 Å². The molecule has 9 nitrogen and oxygen atoms in total. The highest BCUT2D eigenvalue weighted by Gasteiger charge is 2.63. The number of benzene rings is 1. The van der Waals surface area contributed by atoms with Gasteiger partial charge in [-0.05, 0) is 68.2 Å². The number of amides is 2. The number of hydrogen-bond acceptors (Lipinski definition) is 6. The van der Waals surface area contributed by atoms with Crippen LogP contribution in [0.4, 0.5) is 10.1 Å². The van der Waals surface area contributed by atoms with Crippen molar-refractivity contribution in [2.45, 2.75) is 32.2 Å². The third kappa shape index (κ3) is 4.23. The van der Waals surface area contributed by atoms with E-state index in [1.54, 1.807) is 19.9 Å². The third-order valence-electron chi connectivity index (χ3n) is 7.11. The molecule has 0 radical (unpaired) electrons. The number of hydrogen-bond donors (Lipinski definition) is 3. The van der Waals surface area contributed by atoms with Gasteiger partial charge in [-0.3, -0.25) is 14.4 Å². The Kier molecular flexibility index (Phi) is 5.14. The number of nitrogens with one attached hydrogen (secondary N) is 3. The molecule has 1 aliphatic heterocycles. The summed E-state index contributed by atoms with van der Waals surface area (Å²) in [4.78, 5) is 42.0. The molecule has 1 saturated heterocycles. The lowest BCUT2D eigenvalue weighted by Gasteiger charge is -2.38. The fourth-order valence-electron chi connectivity index (χ4n) is 5.13. The first kappa shape index (κ1) is 23.2. The van der Waals surface area contributed by atoms with Gasteiger partial charge >= 0.3 is 0 Å². The van der Waals surface area contributed by atoms with Gasteiger partial charge in [0.1, 0.15) is 17.6 Å². The molecule has 3 N–H and O–H groups in total. The van der Waals surface area contributed by atoms with Gasteiger partial charge in [0, 0.05) is 11.4 Å². The average Bonchev–Trinajstić information content (AvgIpc) is 3.65. The molecule has 2 heterocycles. The Morgan fingerprint density at radius 2 is 1.94 bits per heavy atom. The van der Waals surface area contributed by atoms with E-state index < -0.39 is 38.8 Å². The van der Waals surface area contributed by atoms with Crippen LogP contribution in [0.3, 0.4) is 0 Å². The zero-order valence-corrected chi connectivity index (χ0v) is 19.9. The first-order chi connectivity index (χ1) is 16.4. The third-order valence-corrected chi connectivity index (χ3v) is 9.27. The summed E-state index contributed by atoms with van der Waals surface area (Å²) in [5.74, 6) is -1.89. The summed E-state index contributed by atoms with van der Waals surface area (Å²) in [5, 5.41) is 14.2. The molecular formula is C24H23FN4O5S. The van der Waals surface area contributed by atoms with Crippen LogP contribution < -0.4 is 10.6 Å². The van der Waals surface area contributed by atoms with E-state index in [1.165, 1.54) is 12.1 Å². The van der Waals surface area contributed by atoms with Crippen LogP contribution in [0.2, 0.25) is 0 Å². The van der Waals surface area contributed by atoms with Gasteiger partial charge in [-0.15, -0.1) is 0 Å². The standard InChI is InChI=1S/C24H23FN4O5S/c1-11-19(21(30)23(32)29-24(2)9-35(33,34)10-24)18(7-16-14-6-15(14)16)28-20(11)22(31)27-13-3-4-17(25)12(5-13)8-26/h3-5,14-16,28H,6-7,9-10H2,1-2H3,(H,27,31)(H,29,32)/t14-,15?,16-/m1/s1. The van der Waals surface area contributed by atoms with Gasteiger partial charge < -0.3 is 15.6 Å². The van der Waals surface area contributed by atoms with E-state index in [0.717, 1.165) is 12.5 Å². The number of rotatable bonds is 7. The molecule has 1 aromatic heterocycles. The van der Waals surface area contributed by atoms with Crippen molar-refractivity contribution < 1.29 is 27.2 Å². The van der Waals surface area contributed by atoms with E-state index in [2.05, 4.69) is 15.6 Å². The number of aromatic nitrogens is 1. The minimum atomic E-state index is -3.22. The molecule has 182 valence electrons. The number of sulfone groups is 1. The minimum Gasteiger partial charge on any atom is -0.354 e. The van der Waals surface area contributed by atoms with Crippen molar-refractivity contribution in [1.82, 2.24) is 10.3 Å². The van der Waals surface area contributed by atoms with Gasteiger partial charge in [0.15, 0.2) is 9.84 Å². The van der Waals surface area contributed by atoms with Crippen LogP contribution in [-0.4, -0.2) is 48.0 Å². The maximum Gasteiger partial charge on any atom is 0.292 e. The maximum atomic E-state index is 13.6. The number of carbonyl (C=O) groups is 3. The van der Waals surface area contributed by atoms with Crippen molar-refractivity contribution in [2.75, 3.05) is 16.8 Å². The SMILES string of the molecule is Cc1c(C(=O)Nc2ccc(F)c(C#N)c2)[nH]c(C[C@H]2C3C[C@H]32)c1C(=O)C(=O)NC1(C)CS(=O)(=O)C1. The molecule has 3 aliphatic rings. The smallest absolute Gasteiger partial charge is 0.292 e. The Bertz CT molecular complexity index is 1430. The molecule has 1 aromatic carbocycles. The largest absolute Gasteiger partial charge is 0.354 e. The number of nitriles is 1. The van der Waals surface area contributed by atoms with E-state index >= 15 is 0 Å². The molecule has 0 spiro atoms. The lowest BCUT2D eigenvalue weighted by atomic mass is 9.98. The summed E-state index contributed by atoms with van der Waals surface area (Å²) in [6, 6.07) is 5.30. The van der Waals surface area contributed by atoms with Gasteiger partial charge in [-0.1, -0.05) is 0 Å². The minimum absolute atomic E-state index is 0.0886. The first-order valence-corrected chi connectivity index (χ1v) is 13.0. The molecule has 2 aromatic rings. The summed E-state index contributed by atoms with van der Waals surface area (Å²) >= 11 is 0. The van der Waals surface area contributed by atoms with Crippen LogP contribution in [0.5, 0.6) is 0 Å². The number of fused-ring (bicyclic) bond motifs is 1. The molecule has 2 saturated carbocycles. The zero-order chi connectivity index (χ0) is 25.3. The zero-order valence-electron chi connectivity index (χ0n) is 19.1. The van der Waals surface area contributed by atoms with Crippen molar-refractivity contribution in [3.8, 4) is 6.07 Å². The Balaban J connectivity index is 1.40. The van der Waals surface area contributed by atoms with E-state index in [1.807, 2.05) is 0 Å². The molecular weight excluding hydrogens is 475 g/mol. The van der Waals surface area contributed by atoms with E-state index in [9.17, 15) is 27.2 Å². The molecule has 2 amide bonds. The van der Waals surface area contributed by atoms with Crippen molar-refractivity contribution in [3.63, 3.8) is 0 Å². The van der Waals surface area contributed by atoms with Crippen LogP contribution in [0.15, 0.2) is 18.2 Å². The number of H-pyrrole nitrogens is 1. The van der Waals surface area contributed by atoms with Crippen molar-refractivity contribution >= 4 is 33.1 Å². The van der Waals surface area contributed by atoms with Gasteiger partial charge in [-0.25, -0.2) is 12.8 Å². The summed E-state index contributed by atoms with van der Waals surface area (Å²) in [6.45, 7) is 3.13. The molecule has 3 fully saturated rings. The molecule has 0 bridgehead atoms. The van der Waals surface area contributed by atoms with Crippen LogP contribution in [0.25, 0.3) is 0 Å². The number of Topliss-reactive ketones (excluding diaryl/α,β-unsaturated/α-hetero) is 1. The number of aromatic amines is 1. The predicted molar refractivity (Wildman–Crippen MR) is 123 cm³/mol. The molecule has 3 atom stereocenters. The molecule has 1 unspecified atom stereocenters. The number of ketones is 1. The van der Waals surface area contributed by atoms with Crippen molar-refractivity contribution in [1.29, 1.82) is 5.26 Å². The summed E-state index contributed by atoms with van der Waals surface area (Å²) in [6.07, 6.45) is 1.68. The van der Waals surface area contributed by atoms with Crippen LogP contribution in [0.1, 0.15) is 51.0 Å². The normalized spacial score (nSPS) is 24.3. The maximum absolute atomic E-state index is 13.6. The molecule has 35 heavy (non-hydrogen) atoms. The Hall–Kier alpha value is -3.52. The van der Waals surface area contributed by atoms with E-state index in [-0.39, 0.29) is 34.0 Å². The van der Waals surface area contributed by atoms with Crippen LogP contribution in [0, 0.1) is 41.8 Å². The van der Waals surface area contributed by atoms with E-state index in [4.69, 9.17) is 5.26 Å². The summed E-state index contributed by atoms with van der Waals surface area (Å²) in [5.41, 5.74) is -0.0354. The highest BCUT2D eigenvalue weighted by atomic mass is 32.2. The lowest BCUT2D eigenvalue weighted by molar-refractivity contribution is -0.118. The Morgan fingerprint density at radius 3 is 2.51 bits per heavy atom. The second kappa shape index (κ2) is 7.75. The molecule has 11 heteroatoms. The first-order valence-electron chi connectivity index (χ1n) is 11.2. The number of anilines is 1. The predicted octanol–water partition coefficient (Wildman–Crippen LogP) is 1.88. The fourth-order valence-corrected chi connectivity index (χ4v) is 7.13. The Morgan fingerprint density at radius 1 is 1.26 bits per heavy atom. The van der Waals surface area contributed by atoms with Crippen molar-refractivity contribution in [3.05, 3.63) is 52.1 Å². The van der Waals surface area contributed by atoms with Gasteiger partial charge in [0.25, 0.3) is 17.6 Å². The topological polar surface area (TPSA) is 149 Å². The number of nitrogens with zero attached hydrogens (tertiary/aromatic N) is 1. The quantitative estimate of drug-likeness (QED) is 0.392. The summed E-state index contributed by atoms with van der Waals surface area (Å²) < 4.78 is 36.7. The van der Waals surface area contributed by atoms with E-state index in [0.29, 0.717) is 35.4 Å². The lowest BCUT2D eigenvalue weighted by Crippen LogP contribution is -2.64. The van der Waals surface area contributed by atoms with Gasteiger partial charge in [-0.2, -0.15) is 5.26 Å². The van der Waals surface area contributed by atoms with Crippen LogP contribution in [-0.2, 0) is 21.1 Å². The summed E-state index contributed by atoms with van der Waals surface area (Å²) in [7, 11) is -3.22. The average molecular weight is 499 g/mol. The Labute approximate surface area is 201 Å². The monoisotopic (exact) mass is 498 g/mol. The fraction of sp³-hybridized carbons (Fsp3) is 0.417.